The van der Waals surface area contributed by atoms with Gasteiger partial charge in [-0.3, -0.25) is 4.79 Å². The first kappa shape index (κ1) is 9.62. The molecule has 66 valence electrons. The number of nitrogens with two attached hydrogens (primary N) is 1. The highest BCUT2D eigenvalue weighted by Crippen LogP contribution is 1.96. The van der Waals surface area contributed by atoms with Crippen LogP contribution >= 0.6 is 12.6 Å². The largest absolute Gasteiger partial charge is 0.364 e. The van der Waals surface area contributed by atoms with Crippen molar-refractivity contribution in [3.8, 4) is 11.8 Å². The van der Waals surface area contributed by atoms with Crippen molar-refractivity contribution in [2.45, 2.75) is 0 Å². The first-order chi connectivity index (χ1) is 6.24. The van der Waals surface area contributed by atoms with Gasteiger partial charge in [-0.25, -0.2) is 4.98 Å². The van der Waals surface area contributed by atoms with Crippen molar-refractivity contribution in [1.82, 2.24) is 4.98 Å². The van der Waals surface area contributed by atoms with Gasteiger partial charge in [0, 0.05) is 0 Å². The van der Waals surface area contributed by atoms with Crippen molar-refractivity contribution < 1.29 is 4.79 Å². The lowest BCUT2D eigenvalue weighted by atomic mass is 10.3. The minimum atomic E-state index is -0.547. The van der Waals surface area contributed by atoms with E-state index in [-0.39, 0.29) is 5.69 Å². The third-order valence-electron chi connectivity index (χ3n) is 1.30. The van der Waals surface area contributed by atoms with E-state index in [1.165, 1.54) is 0 Å². The van der Waals surface area contributed by atoms with Crippen molar-refractivity contribution >= 4 is 18.5 Å². The number of carbonyl (C=O) groups excluding carboxylic acids is 1. The van der Waals surface area contributed by atoms with Gasteiger partial charge in [-0.1, -0.05) is 12.0 Å². The minimum Gasteiger partial charge on any atom is -0.364 e. The molecule has 13 heavy (non-hydrogen) atoms. The van der Waals surface area contributed by atoms with Crippen molar-refractivity contribution in [1.29, 1.82) is 0 Å². The normalized spacial score (nSPS) is 8.69. The van der Waals surface area contributed by atoms with Crippen LogP contribution in [0.15, 0.2) is 18.2 Å². The lowest BCUT2D eigenvalue weighted by molar-refractivity contribution is 0.0995. The second-order valence-electron chi connectivity index (χ2n) is 2.23. The monoisotopic (exact) mass is 192 g/mol. The molecule has 2 N–H and O–H groups in total. The molecule has 4 heteroatoms. The van der Waals surface area contributed by atoms with Gasteiger partial charge in [0.15, 0.2) is 0 Å². The number of amides is 1. The summed E-state index contributed by atoms with van der Waals surface area (Å²) in [4.78, 5) is 14.7. The Morgan fingerprint density at radius 1 is 1.62 bits per heavy atom. The van der Waals surface area contributed by atoms with Crippen LogP contribution in [0.5, 0.6) is 0 Å². The summed E-state index contributed by atoms with van der Waals surface area (Å²) < 4.78 is 0. The highest BCUT2D eigenvalue weighted by Gasteiger charge is 2.00. The maximum atomic E-state index is 10.7. The summed E-state index contributed by atoms with van der Waals surface area (Å²) in [7, 11) is 0. The molecule has 0 aliphatic carbocycles. The van der Waals surface area contributed by atoms with Gasteiger partial charge in [-0.15, -0.1) is 0 Å². The molecule has 0 fully saturated rings. The quantitative estimate of drug-likeness (QED) is 0.501. The fourth-order valence-corrected chi connectivity index (χ4v) is 0.851. The fraction of sp³-hybridized carbons (Fsp3) is 0.111. The predicted molar refractivity (Wildman–Crippen MR) is 53.5 cm³/mol. The summed E-state index contributed by atoms with van der Waals surface area (Å²) in [5.74, 6) is 5.39. The Morgan fingerprint density at radius 2 is 2.38 bits per heavy atom. The number of carbonyl (C=O) groups is 1. The maximum Gasteiger partial charge on any atom is 0.267 e. The second kappa shape index (κ2) is 4.53. The van der Waals surface area contributed by atoms with E-state index >= 15 is 0 Å². The van der Waals surface area contributed by atoms with Crippen molar-refractivity contribution in [3.05, 3.63) is 29.6 Å². The van der Waals surface area contributed by atoms with Gasteiger partial charge in [0.05, 0.1) is 5.75 Å². The Hall–Kier alpha value is -1.47. The molecular formula is C9H8N2OS. The summed E-state index contributed by atoms with van der Waals surface area (Å²) in [6.07, 6.45) is 0. The molecule has 0 aliphatic heterocycles. The Balaban J connectivity index is 2.98. The van der Waals surface area contributed by atoms with Crippen LogP contribution in [-0.2, 0) is 0 Å². The number of aromatic nitrogens is 1. The lowest BCUT2D eigenvalue weighted by Gasteiger charge is -1.93. The summed E-state index contributed by atoms with van der Waals surface area (Å²) in [6.45, 7) is 0. The van der Waals surface area contributed by atoms with E-state index in [4.69, 9.17) is 5.73 Å². The Bertz CT molecular complexity index is 379. The lowest BCUT2D eigenvalue weighted by Crippen LogP contribution is -2.13. The zero-order valence-electron chi connectivity index (χ0n) is 6.82. The minimum absolute atomic E-state index is 0.228. The molecule has 1 rings (SSSR count). The molecule has 1 aromatic heterocycles. The van der Waals surface area contributed by atoms with Crippen LogP contribution in [0.1, 0.15) is 16.2 Å². The van der Waals surface area contributed by atoms with E-state index in [1.54, 1.807) is 18.2 Å². The first-order valence-corrected chi connectivity index (χ1v) is 4.24. The van der Waals surface area contributed by atoms with Crippen LogP contribution < -0.4 is 5.73 Å². The van der Waals surface area contributed by atoms with Gasteiger partial charge < -0.3 is 5.73 Å². The Kier molecular flexibility index (Phi) is 3.35. The first-order valence-electron chi connectivity index (χ1n) is 3.60. The molecule has 0 aliphatic rings. The number of nitrogens with zero attached hydrogens (tertiary/aromatic N) is 1. The molecule has 0 saturated carbocycles. The molecule has 0 spiro atoms. The van der Waals surface area contributed by atoms with E-state index in [2.05, 4.69) is 29.5 Å². The molecule has 3 nitrogen and oxygen atoms in total. The van der Waals surface area contributed by atoms with E-state index < -0.39 is 5.91 Å². The summed E-state index contributed by atoms with van der Waals surface area (Å²) in [5.41, 5.74) is 5.81. The number of thiol groups is 1. The van der Waals surface area contributed by atoms with Crippen molar-refractivity contribution in [2.75, 3.05) is 5.75 Å². The maximum absolute atomic E-state index is 10.7. The van der Waals surface area contributed by atoms with Gasteiger partial charge in [0.2, 0.25) is 0 Å². The number of hydrogen-bond donors (Lipinski definition) is 2. The molecule has 0 bridgehead atoms. The van der Waals surface area contributed by atoms with Crippen molar-refractivity contribution in [2.24, 2.45) is 5.73 Å². The molecule has 0 saturated heterocycles. The topological polar surface area (TPSA) is 56.0 Å². The number of pyridine rings is 1. The van der Waals surface area contributed by atoms with Crippen LogP contribution in [0.3, 0.4) is 0 Å². The van der Waals surface area contributed by atoms with Crippen LogP contribution in [0.2, 0.25) is 0 Å². The molecular weight excluding hydrogens is 184 g/mol. The molecule has 1 amide bonds. The molecule has 0 unspecified atom stereocenters. The molecule has 0 radical (unpaired) electrons. The van der Waals surface area contributed by atoms with E-state index in [0.717, 1.165) is 0 Å². The van der Waals surface area contributed by atoms with E-state index in [0.29, 0.717) is 11.4 Å². The Labute approximate surface area is 81.8 Å². The van der Waals surface area contributed by atoms with Gasteiger partial charge in [-0.05, 0) is 18.1 Å². The van der Waals surface area contributed by atoms with Crippen LogP contribution in [0, 0.1) is 11.8 Å². The molecule has 0 atom stereocenters. The Morgan fingerprint density at radius 3 is 3.00 bits per heavy atom. The van der Waals surface area contributed by atoms with Gasteiger partial charge in [0.25, 0.3) is 5.91 Å². The van der Waals surface area contributed by atoms with Crippen LogP contribution in [-0.4, -0.2) is 16.6 Å². The zero-order valence-corrected chi connectivity index (χ0v) is 7.71. The number of primary amides is 1. The third-order valence-corrected chi connectivity index (χ3v) is 1.46. The smallest absolute Gasteiger partial charge is 0.267 e. The number of hydrogen-bond acceptors (Lipinski definition) is 3. The van der Waals surface area contributed by atoms with Gasteiger partial charge in [-0.2, -0.15) is 12.6 Å². The van der Waals surface area contributed by atoms with Crippen LogP contribution in [0.4, 0.5) is 0 Å². The second-order valence-corrected chi connectivity index (χ2v) is 2.55. The van der Waals surface area contributed by atoms with Gasteiger partial charge in [0.1, 0.15) is 11.4 Å². The molecule has 1 aromatic rings. The highest BCUT2D eigenvalue weighted by atomic mass is 32.1. The standard InChI is InChI=1S/C9H8N2OS/c10-9(12)8-5-1-3-7(11-8)4-2-6-13/h1,3,5,13H,6H2,(H2,10,12). The predicted octanol–water partition coefficient (Wildman–Crippen LogP) is 0.462. The zero-order chi connectivity index (χ0) is 9.68. The SMILES string of the molecule is NC(=O)c1cccc(C#CCS)n1. The summed E-state index contributed by atoms with van der Waals surface area (Å²) in [5, 5.41) is 0. The van der Waals surface area contributed by atoms with Crippen molar-refractivity contribution in [3.63, 3.8) is 0 Å². The molecule has 0 aromatic carbocycles. The fourth-order valence-electron chi connectivity index (χ4n) is 0.772. The average Bonchev–Trinajstić information content (AvgIpc) is 2.15. The van der Waals surface area contributed by atoms with E-state index in [9.17, 15) is 4.79 Å². The highest BCUT2D eigenvalue weighted by molar-refractivity contribution is 7.80. The van der Waals surface area contributed by atoms with Gasteiger partial charge >= 0.3 is 0 Å². The third kappa shape index (κ3) is 2.80. The van der Waals surface area contributed by atoms with Crippen LogP contribution in [0.25, 0.3) is 0 Å². The average molecular weight is 192 g/mol. The van der Waals surface area contributed by atoms with E-state index in [1.807, 2.05) is 0 Å². The summed E-state index contributed by atoms with van der Waals surface area (Å²) in [6, 6.07) is 4.95. The number of rotatable bonds is 1. The molecule has 1 heterocycles. The summed E-state index contributed by atoms with van der Waals surface area (Å²) >= 11 is 3.92.